The molecular weight excluding hydrogens is 311 g/mol. The molecule has 0 fully saturated rings. The zero-order valence-corrected chi connectivity index (χ0v) is 13.1. The maximum Gasteiger partial charge on any atom is 0.315 e. The summed E-state index contributed by atoms with van der Waals surface area (Å²) < 4.78 is 17.7. The van der Waals surface area contributed by atoms with Crippen molar-refractivity contribution in [2.24, 2.45) is 0 Å². The van der Waals surface area contributed by atoms with Crippen LogP contribution >= 0.6 is 12.4 Å². The van der Waals surface area contributed by atoms with Crippen LogP contribution in [-0.4, -0.2) is 29.1 Å². The molecule has 0 aliphatic carbocycles. The van der Waals surface area contributed by atoms with Crippen LogP contribution in [0.25, 0.3) is 0 Å². The minimum Gasteiger partial charge on any atom is -0.344 e. The molecule has 0 saturated carbocycles. The Hall–Kier alpha value is -1.99. The van der Waals surface area contributed by atoms with Crippen molar-refractivity contribution in [3.63, 3.8) is 0 Å². The Kier molecular flexibility index (Phi) is 6.94. The fourth-order valence-electron chi connectivity index (χ4n) is 1.67. The molecule has 1 heterocycles. The lowest BCUT2D eigenvalue weighted by molar-refractivity contribution is 0.0907. The van der Waals surface area contributed by atoms with Gasteiger partial charge in [-0.25, -0.2) is 4.39 Å². The number of likely N-dealkylation sites (N-methyl/N-ethyl adjacent to an activating group) is 1. The number of nitrogens with zero attached hydrogens (tertiary/aromatic N) is 2. The number of halogens is 2. The van der Waals surface area contributed by atoms with Crippen LogP contribution in [0.3, 0.4) is 0 Å². The van der Waals surface area contributed by atoms with Crippen molar-refractivity contribution in [1.82, 2.24) is 20.8 Å². The van der Waals surface area contributed by atoms with Crippen LogP contribution in [0.2, 0.25) is 0 Å². The van der Waals surface area contributed by atoms with Crippen molar-refractivity contribution in [1.29, 1.82) is 0 Å². The van der Waals surface area contributed by atoms with Gasteiger partial charge < -0.3 is 15.2 Å². The lowest BCUT2D eigenvalue weighted by Gasteiger charge is -2.04. The molecule has 2 rings (SSSR count). The van der Waals surface area contributed by atoms with E-state index in [-0.39, 0.29) is 36.7 Å². The maximum absolute atomic E-state index is 12.8. The van der Waals surface area contributed by atoms with Crippen molar-refractivity contribution in [3.8, 4) is 0 Å². The van der Waals surface area contributed by atoms with Crippen LogP contribution in [0.1, 0.15) is 29.0 Å². The predicted octanol–water partition coefficient (Wildman–Crippen LogP) is 1.71. The zero-order valence-electron chi connectivity index (χ0n) is 12.3. The Morgan fingerprint density at radius 3 is 2.68 bits per heavy atom. The van der Waals surface area contributed by atoms with Gasteiger partial charge in [-0.15, -0.1) is 12.4 Å². The summed E-state index contributed by atoms with van der Waals surface area (Å²) >= 11 is 0. The average molecular weight is 329 g/mol. The number of carbonyl (C=O) groups excluding carboxylic acids is 1. The van der Waals surface area contributed by atoms with E-state index in [9.17, 15) is 9.18 Å². The SMILES string of the molecule is CNC(C)Cc1noc(C(=O)NCc2ccc(F)cc2)n1.Cl. The Morgan fingerprint density at radius 2 is 2.05 bits per heavy atom. The maximum atomic E-state index is 12.8. The van der Waals surface area contributed by atoms with Gasteiger partial charge in [0.1, 0.15) is 5.82 Å². The summed E-state index contributed by atoms with van der Waals surface area (Å²) in [5.74, 6) is -0.361. The van der Waals surface area contributed by atoms with Gasteiger partial charge in [0.2, 0.25) is 0 Å². The molecule has 22 heavy (non-hydrogen) atoms. The summed E-state index contributed by atoms with van der Waals surface area (Å²) in [7, 11) is 1.83. The fraction of sp³-hybridized carbons (Fsp3) is 0.357. The van der Waals surface area contributed by atoms with Gasteiger partial charge in [0, 0.05) is 19.0 Å². The molecule has 1 unspecified atom stereocenters. The first kappa shape index (κ1) is 18.1. The van der Waals surface area contributed by atoms with E-state index in [1.54, 1.807) is 12.1 Å². The van der Waals surface area contributed by atoms with Gasteiger partial charge in [-0.1, -0.05) is 17.3 Å². The molecule has 0 spiro atoms. The molecule has 1 aromatic carbocycles. The summed E-state index contributed by atoms with van der Waals surface area (Å²) in [4.78, 5) is 15.9. The second-order valence-electron chi connectivity index (χ2n) is 4.72. The first-order valence-electron chi connectivity index (χ1n) is 6.61. The van der Waals surface area contributed by atoms with E-state index in [0.717, 1.165) is 5.56 Å². The van der Waals surface area contributed by atoms with Gasteiger partial charge in [0.05, 0.1) is 0 Å². The summed E-state index contributed by atoms with van der Waals surface area (Å²) in [6.07, 6.45) is 0.575. The summed E-state index contributed by atoms with van der Waals surface area (Å²) in [6.45, 7) is 2.24. The topological polar surface area (TPSA) is 80.0 Å². The summed E-state index contributed by atoms with van der Waals surface area (Å²) in [5.41, 5.74) is 0.785. The van der Waals surface area contributed by atoms with Gasteiger partial charge in [0.15, 0.2) is 5.82 Å². The Labute approximate surface area is 133 Å². The highest BCUT2D eigenvalue weighted by atomic mass is 35.5. The first-order valence-corrected chi connectivity index (χ1v) is 6.61. The van der Waals surface area contributed by atoms with E-state index in [2.05, 4.69) is 20.8 Å². The van der Waals surface area contributed by atoms with Crippen molar-refractivity contribution < 1.29 is 13.7 Å². The van der Waals surface area contributed by atoms with Crippen molar-refractivity contribution >= 4 is 18.3 Å². The Balaban J connectivity index is 0.00000242. The number of carbonyl (C=O) groups is 1. The highest BCUT2D eigenvalue weighted by molar-refractivity contribution is 5.89. The number of rotatable bonds is 6. The minimum atomic E-state index is -0.449. The molecule has 1 aromatic heterocycles. The predicted molar refractivity (Wildman–Crippen MR) is 81.3 cm³/mol. The summed E-state index contributed by atoms with van der Waals surface area (Å²) in [5, 5.41) is 9.45. The Bertz CT molecular complexity index is 603. The molecule has 0 aliphatic rings. The van der Waals surface area contributed by atoms with E-state index >= 15 is 0 Å². The van der Waals surface area contributed by atoms with Gasteiger partial charge in [0.25, 0.3) is 0 Å². The van der Waals surface area contributed by atoms with Crippen molar-refractivity contribution in [2.45, 2.75) is 25.9 Å². The quantitative estimate of drug-likeness (QED) is 0.844. The first-order chi connectivity index (χ1) is 10.1. The van der Waals surface area contributed by atoms with Crippen LogP contribution in [0.5, 0.6) is 0 Å². The number of hydrogen-bond acceptors (Lipinski definition) is 5. The largest absolute Gasteiger partial charge is 0.344 e. The third-order valence-corrected chi connectivity index (χ3v) is 3.01. The number of aromatic nitrogens is 2. The lowest BCUT2D eigenvalue weighted by Crippen LogP contribution is -2.25. The van der Waals surface area contributed by atoms with Crippen LogP contribution in [0.4, 0.5) is 4.39 Å². The highest BCUT2D eigenvalue weighted by Crippen LogP contribution is 2.04. The highest BCUT2D eigenvalue weighted by Gasteiger charge is 2.15. The molecule has 2 N–H and O–H groups in total. The smallest absolute Gasteiger partial charge is 0.315 e. The van der Waals surface area contributed by atoms with Crippen LogP contribution in [0, 0.1) is 5.82 Å². The number of benzene rings is 1. The third kappa shape index (κ3) is 5.09. The molecule has 8 heteroatoms. The van der Waals surface area contributed by atoms with Gasteiger partial charge in [-0.2, -0.15) is 4.98 Å². The molecule has 0 saturated heterocycles. The molecule has 0 bridgehead atoms. The minimum absolute atomic E-state index is 0. The number of hydrogen-bond donors (Lipinski definition) is 2. The van der Waals surface area contributed by atoms with Gasteiger partial charge in [-0.05, 0) is 31.7 Å². The van der Waals surface area contributed by atoms with E-state index in [0.29, 0.717) is 12.2 Å². The normalized spacial score (nSPS) is 11.6. The van der Waals surface area contributed by atoms with Crippen molar-refractivity contribution in [2.75, 3.05) is 7.05 Å². The van der Waals surface area contributed by atoms with E-state index in [1.165, 1.54) is 12.1 Å². The Morgan fingerprint density at radius 1 is 1.36 bits per heavy atom. The van der Waals surface area contributed by atoms with Crippen LogP contribution < -0.4 is 10.6 Å². The second-order valence-corrected chi connectivity index (χ2v) is 4.72. The van der Waals surface area contributed by atoms with Crippen LogP contribution in [0.15, 0.2) is 28.8 Å². The summed E-state index contributed by atoms with van der Waals surface area (Å²) in [6, 6.07) is 6.07. The standard InChI is InChI=1S/C14H17FN4O2.ClH/c1-9(16-2)7-12-18-14(21-19-12)13(20)17-8-10-3-5-11(15)6-4-10;/h3-6,9,16H,7-8H2,1-2H3,(H,17,20);1H. The molecule has 6 nitrogen and oxygen atoms in total. The fourth-order valence-corrected chi connectivity index (χ4v) is 1.67. The second kappa shape index (κ2) is 8.45. The van der Waals surface area contributed by atoms with E-state index < -0.39 is 5.91 Å². The molecule has 1 amide bonds. The molecule has 1 atom stereocenters. The third-order valence-electron chi connectivity index (χ3n) is 3.01. The molecule has 120 valence electrons. The van der Waals surface area contributed by atoms with E-state index in [4.69, 9.17) is 4.52 Å². The number of nitrogens with one attached hydrogen (secondary N) is 2. The molecule has 2 aromatic rings. The van der Waals surface area contributed by atoms with Gasteiger partial charge in [-0.3, -0.25) is 4.79 Å². The van der Waals surface area contributed by atoms with Crippen molar-refractivity contribution in [3.05, 3.63) is 47.4 Å². The monoisotopic (exact) mass is 328 g/mol. The molecule has 0 aliphatic heterocycles. The molecule has 0 radical (unpaired) electrons. The molecular formula is C14H18ClFN4O2. The lowest BCUT2D eigenvalue weighted by atomic mass is 10.2. The van der Waals surface area contributed by atoms with Gasteiger partial charge >= 0.3 is 11.8 Å². The van der Waals surface area contributed by atoms with Crippen LogP contribution in [-0.2, 0) is 13.0 Å². The number of amides is 1. The zero-order chi connectivity index (χ0) is 15.2. The van der Waals surface area contributed by atoms with E-state index in [1.807, 2.05) is 14.0 Å². The average Bonchev–Trinajstić information content (AvgIpc) is 2.94.